The monoisotopic (exact) mass is 762 g/mol. The molecule has 3 aromatic carbocycles. The predicted molar refractivity (Wildman–Crippen MR) is 200 cm³/mol. The van der Waals surface area contributed by atoms with Crippen LogP contribution < -0.4 is 15.6 Å². The third-order valence-electron chi connectivity index (χ3n) is 8.92. The number of aromatic amines is 1. The number of H-pyrrole nitrogens is 1. The number of amides is 1. The van der Waals surface area contributed by atoms with E-state index >= 15 is 0 Å². The van der Waals surface area contributed by atoms with Crippen molar-refractivity contribution in [1.29, 1.82) is 0 Å². The second-order valence-electron chi connectivity index (χ2n) is 12.9. The van der Waals surface area contributed by atoms with Crippen LogP contribution in [0.1, 0.15) is 85.4 Å². The lowest BCUT2D eigenvalue weighted by Crippen LogP contribution is -2.34. The smallest absolute Gasteiger partial charge is 0.387 e. The van der Waals surface area contributed by atoms with E-state index in [1.165, 1.54) is 54.0 Å². The molecule has 0 fully saturated rings. The molecule has 2 heterocycles. The van der Waals surface area contributed by atoms with E-state index in [9.17, 15) is 31.6 Å². The Kier molecular flexibility index (Phi) is 13.4. The molecule has 0 aliphatic rings. The molecular weight excluding hydrogens is 719 g/mol. The Labute approximate surface area is 312 Å². The van der Waals surface area contributed by atoms with Crippen LogP contribution in [0.4, 0.5) is 8.78 Å². The van der Waals surface area contributed by atoms with Gasteiger partial charge in [-0.05, 0) is 74.4 Å². The van der Waals surface area contributed by atoms with Crippen LogP contribution in [0.5, 0.6) is 5.75 Å². The molecule has 2 aromatic heterocycles. The first-order chi connectivity index (χ1) is 25.9. The Morgan fingerprint density at radius 2 is 1.69 bits per heavy atom. The molecule has 1 atom stereocenters. The summed E-state index contributed by atoms with van der Waals surface area (Å²) in [6.07, 6.45) is 4.67. The van der Waals surface area contributed by atoms with Crippen molar-refractivity contribution in [3.05, 3.63) is 118 Å². The van der Waals surface area contributed by atoms with E-state index in [2.05, 4.69) is 20.3 Å². The summed E-state index contributed by atoms with van der Waals surface area (Å²) in [5, 5.41) is 2.66. The van der Waals surface area contributed by atoms with Gasteiger partial charge in [0.2, 0.25) is 10.0 Å². The summed E-state index contributed by atoms with van der Waals surface area (Å²) in [4.78, 5) is 50.8. The molecule has 54 heavy (non-hydrogen) atoms. The zero-order valence-electron chi connectivity index (χ0n) is 30.4. The average Bonchev–Trinajstić information content (AvgIpc) is 3.57. The molecule has 0 radical (unpaired) electrons. The van der Waals surface area contributed by atoms with E-state index in [1.54, 1.807) is 10.6 Å². The molecule has 286 valence electrons. The second kappa shape index (κ2) is 18.2. The maximum absolute atomic E-state index is 13.6. The minimum absolute atomic E-state index is 0.0524. The summed E-state index contributed by atoms with van der Waals surface area (Å²) >= 11 is 0. The highest BCUT2D eigenvalue weighted by Gasteiger charge is 2.28. The summed E-state index contributed by atoms with van der Waals surface area (Å²) in [5.74, 6) is -0.779. The number of aromatic nitrogens is 4. The Morgan fingerprint density at radius 1 is 0.981 bits per heavy atom. The number of fused-ring (bicyclic) bond motifs is 1. The number of carbonyl (C=O) groups excluding carboxylic acids is 2. The molecule has 1 unspecified atom stereocenters. The Morgan fingerprint density at radius 3 is 2.37 bits per heavy atom. The molecule has 12 nitrogen and oxygen atoms in total. The van der Waals surface area contributed by atoms with Gasteiger partial charge in [0.15, 0.2) is 16.9 Å². The number of alkyl halides is 2. The molecule has 0 saturated heterocycles. The van der Waals surface area contributed by atoms with Crippen LogP contribution in [0.15, 0.2) is 88.8 Å². The highest BCUT2D eigenvalue weighted by atomic mass is 32.2. The summed E-state index contributed by atoms with van der Waals surface area (Å²) < 4.78 is 61.7. The zero-order valence-corrected chi connectivity index (χ0v) is 31.2. The van der Waals surface area contributed by atoms with Gasteiger partial charge in [-0.1, -0.05) is 62.4 Å². The first kappa shape index (κ1) is 39.9. The summed E-state index contributed by atoms with van der Waals surface area (Å²) in [7, 11) is -4.01. The van der Waals surface area contributed by atoms with Gasteiger partial charge in [-0.25, -0.2) is 18.4 Å². The number of sulfonamides is 1. The van der Waals surface area contributed by atoms with Gasteiger partial charge in [-0.3, -0.25) is 14.4 Å². The van der Waals surface area contributed by atoms with E-state index in [0.717, 1.165) is 12.0 Å². The van der Waals surface area contributed by atoms with Gasteiger partial charge >= 0.3 is 6.61 Å². The summed E-state index contributed by atoms with van der Waals surface area (Å²) in [6, 6.07) is 19.6. The largest absolute Gasteiger partial charge is 0.434 e. The Balaban J connectivity index is 1.39. The molecule has 1 amide bonds. The maximum Gasteiger partial charge on any atom is 0.387 e. The van der Waals surface area contributed by atoms with Crippen molar-refractivity contribution in [3.63, 3.8) is 0 Å². The minimum atomic E-state index is -4.01. The lowest BCUT2D eigenvalue weighted by molar-refractivity contribution is -0.120. The molecule has 0 bridgehead atoms. The number of hydrogen-bond donors (Lipinski definition) is 2. The van der Waals surface area contributed by atoms with Gasteiger partial charge in [0.25, 0.3) is 11.5 Å². The van der Waals surface area contributed by atoms with Crippen molar-refractivity contribution in [3.8, 4) is 5.75 Å². The second-order valence-corrected chi connectivity index (χ2v) is 14.8. The van der Waals surface area contributed by atoms with E-state index in [-0.39, 0.29) is 70.6 Å². The molecule has 2 N–H and O–H groups in total. The first-order valence-electron chi connectivity index (χ1n) is 17.9. The number of hydrogen-bond acceptors (Lipinski definition) is 8. The highest BCUT2D eigenvalue weighted by molar-refractivity contribution is 7.89. The molecule has 0 aliphatic heterocycles. The number of halogens is 2. The van der Waals surface area contributed by atoms with E-state index in [4.69, 9.17) is 4.74 Å². The van der Waals surface area contributed by atoms with Crippen LogP contribution in [0.3, 0.4) is 0 Å². The Bertz CT molecular complexity index is 2240. The van der Waals surface area contributed by atoms with Gasteiger partial charge in [-0.2, -0.15) is 13.1 Å². The van der Waals surface area contributed by atoms with Crippen LogP contribution in [-0.4, -0.2) is 63.6 Å². The number of nitrogens with one attached hydrogen (secondary N) is 2. The standard InChI is InChI=1S/C39H44F2N6O6S/c1-4-20-46(21-5-2)54(51,52)33-17-10-9-15-30(33)37(49)42-24-29-22-28(18-19-32(29)53-39(40)41)23-34-44-36-35(38(50)45-34)43-25-47(36)31(26(3)48)16-11-14-27-12-7-6-8-13-27/h6-10,12-13,15,17-19,22,25,31,39H,4-5,11,14,16,20-21,23-24H2,1-3H3,(H,42,49)(H,44,45,50). The fourth-order valence-corrected chi connectivity index (χ4v) is 8.20. The third-order valence-corrected chi connectivity index (χ3v) is 10.9. The van der Waals surface area contributed by atoms with Crippen molar-refractivity contribution in [2.45, 2.75) is 83.4 Å². The van der Waals surface area contributed by atoms with Crippen molar-refractivity contribution >= 4 is 32.9 Å². The van der Waals surface area contributed by atoms with Crippen molar-refractivity contribution in [2.75, 3.05) is 13.1 Å². The number of imidazole rings is 1. The fraction of sp³-hybridized carbons (Fsp3) is 0.359. The van der Waals surface area contributed by atoms with Gasteiger partial charge in [-0.15, -0.1) is 0 Å². The normalized spacial score (nSPS) is 12.4. The number of rotatable bonds is 19. The zero-order chi connectivity index (χ0) is 38.8. The average molecular weight is 763 g/mol. The summed E-state index contributed by atoms with van der Waals surface area (Å²) in [5.41, 5.74) is 1.60. The Hall–Kier alpha value is -5.28. The number of benzene rings is 3. The molecule has 0 saturated carbocycles. The number of ketones is 1. The van der Waals surface area contributed by atoms with Gasteiger partial charge < -0.3 is 19.6 Å². The molecule has 0 spiro atoms. The number of aryl methyl sites for hydroxylation is 1. The number of nitrogens with zero attached hydrogens (tertiary/aromatic N) is 4. The van der Waals surface area contributed by atoms with Crippen LogP contribution >= 0.6 is 0 Å². The minimum Gasteiger partial charge on any atom is -0.434 e. The maximum atomic E-state index is 13.6. The first-order valence-corrected chi connectivity index (χ1v) is 19.3. The van der Waals surface area contributed by atoms with Crippen LogP contribution in [0.25, 0.3) is 11.2 Å². The number of ether oxygens (including phenoxy) is 1. The van der Waals surface area contributed by atoms with Crippen molar-refractivity contribution in [2.24, 2.45) is 0 Å². The van der Waals surface area contributed by atoms with E-state index < -0.39 is 34.1 Å². The predicted octanol–water partition coefficient (Wildman–Crippen LogP) is 6.21. The summed E-state index contributed by atoms with van der Waals surface area (Å²) in [6.45, 7) is 2.36. The topological polar surface area (TPSA) is 156 Å². The molecule has 5 rings (SSSR count). The molecular formula is C39H44F2N6O6S. The van der Waals surface area contributed by atoms with E-state index in [1.807, 2.05) is 44.2 Å². The molecule has 5 aromatic rings. The van der Waals surface area contributed by atoms with Gasteiger partial charge in [0, 0.05) is 31.6 Å². The van der Waals surface area contributed by atoms with Crippen LogP contribution in [0, 0.1) is 0 Å². The van der Waals surface area contributed by atoms with E-state index in [0.29, 0.717) is 31.2 Å². The molecule has 0 aliphatic carbocycles. The van der Waals surface area contributed by atoms with Crippen LogP contribution in [0.2, 0.25) is 0 Å². The lowest BCUT2D eigenvalue weighted by atomic mass is 10.0. The van der Waals surface area contributed by atoms with Crippen molar-refractivity contribution < 1.29 is 31.5 Å². The quantitative estimate of drug-likeness (QED) is 0.101. The van der Waals surface area contributed by atoms with Crippen molar-refractivity contribution in [1.82, 2.24) is 29.1 Å². The van der Waals surface area contributed by atoms with Gasteiger partial charge in [0.1, 0.15) is 11.6 Å². The SMILES string of the molecule is CCCN(CCC)S(=O)(=O)c1ccccc1C(=O)NCc1cc(Cc2nc3c(ncn3C(CCCc3ccccc3)C(C)=O)c(=O)[nH]2)ccc1OC(F)F. The third kappa shape index (κ3) is 9.63. The number of Topliss-reactive ketones (excluding diaryl/α,β-unsaturated/α-hetero) is 1. The lowest BCUT2D eigenvalue weighted by Gasteiger charge is -2.22. The molecule has 15 heteroatoms. The highest BCUT2D eigenvalue weighted by Crippen LogP contribution is 2.26. The van der Waals surface area contributed by atoms with Gasteiger partial charge in [0.05, 0.1) is 22.8 Å². The number of carbonyl (C=O) groups is 2. The fourth-order valence-electron chi connectivity index (χ4n) is 6.39. The van der Waals surface area contributed by atoms with Crippen LogP contribution in [-0.2, 0) is 34.2 Å².